The highest BCUT2D eigenvalue weighted by molar-refractivity contribution is 6.23. The topological polar surface area (TPSA) is 166 Å². The van der Waals surface area contributed by atoms with Crippen LogP contribution in [0.3, 0.4) is 0 Å². The molecule has 0 radical (unpaired) electrons. The van der Waals surface area contributed by atoms with Crippen LogP contribution in [0, 0.1) is 11.8 Å². The normalized spacial score (nSPS) is 31.6. The number of primary amides is 1. The van der Waals surface area contributed by atoms with Crippen LogP contribution in [0.4, 0.5) is 4.79 Å². The van der Waals surface area contributed by atoms with Gasteiger partial charge >= 0.3 is 6.09 Å². The quantitative estimate of drug-likeness (QED) is 0.271. The standard InChI is InChI=1S/C31H43N3O8/c1-8-12-33-26-21-13-17(2)14-25(41-7)27(36)19(4)15-20(5)29(42-31(32)39)24(40-6)11-9-10-18(3)30(38)34-22(28(21)37)16-23(26)35/h8-11,15-17,19,24-25,27,29,33,36H,1,12-14H2,2-7H3,(H2,32,39)(H,34,38)/b11-9-,18-10+,20-15+/t17-,19-,24-,25-,27+,29-/m0/s1. The van der Waals surface area contributed by atoms with E-state index in [9.17, 15) is 24.3 Å². The number of nitrogens with two attached hydrogens (primary N) is 1. The number of allylic oxidation sites excluding steroid dienone is 4. The van der Waals surface area contributed by atoms with Gasteiger partial charge in [-0.25, -0.2) is 4.79 Å². The number of aliphatic hydroxyl groups excluding tert-OH is 1. The molecule has 230 valence electrons. The maximum absolute atomic E-state index is 13.5. The first-order valence-corrected chi connectivity index (χ1v) is 13.8. The molecular weight excluding hydrogens is 542 g/mol. The van der Waals surface area contributed by atoms with E-state index in [1.165, 1.54) is 20.3 Å². The fraction of sp³-hybridized carbons (Fsp3) is 0.484. The number of hydrogen-bond donors (Lipinski definition) is 4. The Labute approximate surface area is 247 Å². The summed E-state index contributed by atoms with van der Waals surface area (Å²) in [6.07, 6.45) is 5.34. The molecule has 1 heterocycles. The van der Waals surface area contributed by atoms with Gasteiger partial charge in [0.25, 0.3) is 5.91 Å². The van der Waals surface area contributed by atoms with Crippen LogP contribution in [0.1, 0.15) is 40.5 Å². The fourth-order valence-electron chi connectivity index (χ4n) is 4.95. The molecule has 0 aromatic rings. The molecule has 0 aromatic carbocycles. The van der Waals surface area contributed by atoms with Crippen LogP contribution in [0.25, 0.3) is 0 Å². The van der Waals surface area contributed by atoms with Crippen molar-refractivity contribution < 1.29 is 38.5 Å². The maximum Gasteiger partial charge on any atom is 0.405 e. The van der Waals surface area contributed by atoms with Crippen LogP contribution in [0.2, 0.25) is 0 Å². The molecule has 2 aliphatic rings. The fourth-order valence-corrected chi connectivity index (χ4v) is 4.95. The molecule has 0 fully saturated rings. The molecule has 0 aromatic heterocycles. The van der Waals surface area contributed by atoms with Crippen molar-refractivity contribution in [2.75, 3.05) is 20.8 Å². The van der Waals surface area contributed by atoms with Crippen molar-refractivity contribution in [2.24, 2.45) is 17.6 Å². The average molecular weight is 586 g/mol. The first-order valence-electron chi connectivity index (χ1n) is 13.8. The summed E-state index contributed by atoms with van der Waals surface area (Å²) in [5.74, 6) is -2.14. The zero-order valence-electron chi connectivity index (χ0n) is 25.1. The predicted octanol–water partition coefficient (Wildman–Crippen LogP) is 2.54. The zero-order valence-corrected chi connectivity index (χ0v) is 25.1. The Morgan fingerprint density at radius 2 is 1.90 bits per heavy atom. The first-order chi connectivity index (χ1) is 19.8. The molecule has 0 unspecified atom stereocenters. The summed E-state index contributed by atoms with van der Waals surface area (Å²) < 4.78 is 16.6. The molecule has 6 atom stereocenters. The van der Waals surface area contributed by atoms with Crippen molar-refractivity contribution >= 4 is 23.6 Å². The van der Waals surface area contributed by atoms with Crippen LogP contribution in [-0.2, 0) is 28.6 Å². The van der Waals surface area contributed by atoms with E-state index < -0.39 is 53.9 Å². The number of nitrogens with one attached hydrogen (secondary N) is 2. The largest absolute Gasteiger partial charge is 0.439 e. The van der Waals surface area contributed by atoms with Crippen LogP contribution in [-0.4, -0.2) is 73.9 Å². The van der Waals surface area contributed by atoms with E-state index in [1.54, 1.807) is 45.1 Å². The molecule has 2 amide bonds. The number of ether oxygens (including phenoxy) is 3. The first kappa shape index (κ1) is 34.4. The Balaban J connectivity index is 2.62. The lowest BCUT2D eigenvalue weighted by atomic mass is 9.85. The Bertz CT molecular complexity index is 1210. The number of methoxy groups -OCH3 is 2. The maximum atomic E-state index is 13.5. The van der Waals surface area contributed by atoms with E-state index >= 15 is 0 Å². The third kappa shape index (κ3) is 9.10. The van der Waals surface area contributed by atoms with Crippen LogP contribution < -0.4 is 16.4 Å². The zero-order chi connectivity index (χ0) is 31.6. The van der Waals surface area contributed by atoms with Crippen molar-refractivity contribution in [2.45, 2.75) is 65.0 Å². The Kier molecular flexibility index (Phi) is 13.1. The highest BCUT2D eigenvalue weighted by Crippen LogP contribution is 2.28. The number of carbonyl (C=O) groups excluding carboxylic acids is 4. The van der Waals surface area contributed by atoms with Crippen LogP contribution in [0.15, 0.2) is 71.1 Å². The molecule has 11 nitrogen and oxygen atoms in total. The average Bonchev–Trinajstić information content (AvgIpc) is 2.94. The van der Waals surface area contributed by atoms with Gasteiger partial charge in [-0.05, 0) is 38.2 Å². The molecule has 5 N–H and O–H groups in total. The van der Waals surface area contributed by atoms with Crippen LogP contribution in [0.5, 0.6) is 0 Å². The third-order valence-corrected chi connectivity index (χ3v) is 7.22. The summed E-state index contributed by atoms with van der Waals surface area (Å²) in [4.78, 5) is 51.3. The van der Waals surface area contributed by atoms with Gasteiger partial charge in [-0.1, -0.05) is 44.2 Å². The minimum Gasteiger partial charge on any atom is -0.439 e. The van der Waals surface area contributed by atoms with Gasteiger partial charge in [0.2, 0.25) is 11.6 Å². The lowest BCUT2D eigenvalue weighted by Gasteiger charge is -2.30. The molecule has 1 aliphatic heterocycles. The van der Waals surface area contributed by atoms with E-state index in [1.807, 2.05) is 6.92 Å². The van der Waals surface area contributed by atoms with E-state index in [0.717, 1.165) is 6.08 Å². The van der Waals surface area contributed by atoms with E-state index in [0.29, 0.717) is 12.0 Å². The van der Waals surface area contributed by atoms with E-state index in [4.69, 9.17) is 19.9 Å². The minimum atomic E-state index is -1.00. The van der Waals surface area contributed by atoms with Crippen molar-refractivity contribution in [1.29, 1.82) is 0 Å². The number of fused-ring (bicyclic) bond motifs is 2. The molecule has 2 rings (SSSR count). The number of amides is 2. The summed E-state index contributed by atoms with van der Waals surface area (Å²) in [6, 6.07) is 0. The highest BCUT2D eigenvalue weighted by atomic mass is 16.6. The molecule has 11 heteroatoms. The van der Waals surface area contributed by atoms with Crippen LogP contribution >= 0.6 is 0 Å². The van der Waals surface area contributed by atoms with Gasteiger partial charge in [-0.15, -0.1) is 6.58 Å². The molecule has 0 saturated carbocycles. The minimum absolute atomic E-state index is 0.132. The van der Waals surface area contributed by atoms with Gasteiger partial charge in [-0.2, -0.15) is 0 Å². The Morgan fingerprint density at radius 3 is 2.50 bits per heavy atom. The second-order valence-corrected chi connectivity index (χ2v) is 10.6. The molecule has 1 aliphatic carbocycles. The summed E-state index contributed by atoms with van der Waals surface area (Å²) in [5, 5.41) is 16.7. The van der Waals surface area contributed by atoms with E-state index in [2.05, 4.69) is 17.2 Å². The van der Waals surface area contributed by atoms with Gasteiger partial charge in [0.05, 0.1) is 23.6 Å². The van der Waals surface area contributed by atoms with Gasteiger partial charge in [-0.3, -0.25) is 14.4 Å². The SMILES string of the molecule is C=CCNC1=C2C[C@H](C)C[C@H](OC)[C@H](O)[C@@H](C)/C=C(\C)[C@H](OC(N)=O)[C@@H](OC)/C=C\C=C(/C)C(=O)NC(=CC1=O)C2=O. The molecule has 42 heavy (non-hydrogen) atoms. The summed E-state index contributed by atoms with van der Waals surface area (Å²) >= 11 is 0. The Hall–Kier alpha value is -3.80. The smallest absolute Gasteiger partial charge is 0.405 e. The second-order valence-electron chi connectivity index (χ2n) is 10.6. The van der Waals surface area contributed by atoms with E-state index in [-0.39, 0.29) is 41.4 Å². The lowest BCUT2D eigenvalue weighted by molar-refractivity contribution is -0.120. The monoisotopic (exact) mass is 585 g/mol. The van der Waals surface area contributed by atoms with Crippen molar-refractivity contribution in [3.05, 3.63) is 71.1 Å². The third-order valence-electron chi connectivity index (χ3n) is 7.22. The number of Topliss-reactive ketones (excluding diaryl/α,β-unsaturated/α-hetero) is 1. The lowest BCUT2D eigenvalue weighted by Crippen LogP contribution is -2.37. The van der Waals surface area contributed by atoms with Gasteiger partial charge < -0.3 is 35.7 Å². The predicted molar refractivity (Wildman–Crippen MR) is 158 cm³/mol. The van der Waals surface area contributed by atoms with Gasteiger partial charge in [0.15, 0.2) is 6.10 Å². The highest BCUT2D eigenvalue weighted by Gasteiger charge is 2.33. The number of aliphatic hydroxyl groups is 1. The van der Waals surface area contributed by atoms with Gasteiger partial charge in [0.1, 0.15) is 6.10 Å². The van der Waals surface area contributed by atoms with Gasteiger partial charge in [0, 0.05) is 43.9 Å². The number of hydrogen-bond acceptors (Lipinski definition) is 9. The Morgan fingerprint density at radius 1 is 1.21 bits per heavy atom. The second kappa shape index (κ2) is 16.0. The summed E-state index contributed by atoms with van der Waals surface area (Å²) in [7, 11) is 2.92. The summed E-state index contributed by atoms with van der Waals surface area (Å²) in [5.41, 5.74) is 6.42. The molecular formula is C31H43N3O8. The number of carbonyl (C=O) groups is 4. The van der Waals surface area contributed by atoms with Crippen molar-refractivity contribution in [3.63, 3.8) is 0 Å². The molecule has 0 spiro atoms. The number of ketones is 2. The number of rotatable bonds is 6. The van der Waals surface area contributed by atoms with Crippen molar-refractivity contribution in [1.82, 2.24) is 10.6 Å². The summed E-state index contributed by atoms with van der Waals surface area (Å²) in [6.45, 7) is 10.9. The van der Waals surface area contributed by atoms with Crippen molar-refractivity contribution in [3.8, 4) is 0 Å². The molecule has 0 saturated heterocycles. The molecule has 2 bridgehead atoms.